The van der Waals surface area contributed by atoms with Gasteiger partial charge in [0.2, 0.25) is 6.08 Å². The predicted octanol–water partition coefficient (Wildman–Crippen LogP) is 2.46. The lowest BCUT2D eigenvalue weighted by Gasteiger charge is -2.14. The van der Waals surface area contributed by atoms with Gasteiger partial charge in [0.05, 0.1) is 13.7 Å². The van der Waals surface area contributed by atoms with E-state index >= 15 is 0 Å². The molecule has 0 aliphatic heterocycles. The summed E-state index contributed by atoms with van der Waals surface area (Å²) in [5.41, 5.74) is 4.34. The lowest BCUT2D eigenvalue weighted by molar-refractivity contribution is 0.408. The predicted molar refractivity (Wildman–Crippen MR) is 59.0 cm³/mol. The van der Waals surface area contributed by atoms with Crippen LogP contribution in [0.5, 0.6) is 5.75 Å². The van der Waals surface area contributed by atoms with Gasteiger partial charge < -0.3 is 4.74 Å². The fourth-order valence-electron chi connectivity index (χ4n) is 1.74. The van der Waals surface area contributed by atoms with Crippen LogP contribution in [0.3, 0.4) is 0 Å². The molecule has 1 aromatic rings. The zero-order valence-corrected chi connectivity index (χ0v) is 9.55. The molecule has 0 aromatic heterocycles. The second-order valence-electron chi connectivity index (χ2n) is 3.54. The standard InChI is InChI=1S/C12H15NO2/c1-8-5-11(6-13-7-14)9(2)10(3)12(8)15-4/h5H,6H2,1-4H3. The largest absolute Gasteiger partial charge is 0.496 e. The number of methoxy groups -OCH3 is 1. The van der Waals surface area contributed by atoms with Crippen molar-refractivity contribution in [2.24, 2.45) is 4.99 Å². The Labute approximate surface area is 89.8 Å². The first-order valence-electron chi connectivity index (χ1n) is 4.79. The van der Waals surface area contributed by atoms with Crippen LogP contribution in [0.25, 0.3) is 0 Å². The highest BCUT2D eigenvalue weighted by Crippen LogP contribution is 2.28. The third-order valence-electron chi connectivity index (χ3n) is 2.65. The fourth-order valence-corrected chi connectivity index (χ4v) is 1.74. The molecule has 0 amide bonds. The molecule has 0 saturated carbocycles. The molecule has 0 heterocycles. The summed E-state index contributed by atoms with van der Waals surface area (Å²) >= 11 is 0. The summed E-state index contributed by atoms with van der Waals surface area (Å²) in [5, 5.41) is 0. The average molecular weight is 205 g/mol. The SMILES string of the molecule is COc1c(C)cc(CN=C=O)c(C)c1C. The molecule has 0 fully saturated rings. The third-order valence-corrected chi connectivity index (χ3v) is 2.65. The zero-order chi connectivity index (χ0) is 11.4. The van der Waals surface area contributed by atoms with Crippen LogP contribution in [-0.2, 0) is 11.3 Å². The van der Waals surface area contributed by atoms with Crippen LogP contribution in [0.1, 0.15) is 22.3 Å². The molecule has 0 N–H and O–H groups in total. The lowest BCUT2D eigenvalue weighted by atomic mass is 9.99. The van der Waals surface area contributed by atoms with E-state index in [1.54, 1.807) is 13.2 Å². The lowest BCUT2D eigenvalue weighted by Crippen LogP contribution is -1.98. The first-order chi connectivity index (χ1) is 7.11. The molecule has 1 rings (SSSR count). The molecule has 0 atom stereocenters. The molecule has 3 heteroatoms. The molecule has 80 valence electrons. The maximum Gasteiger partial charge on any atom is 0.235 e. The number of rotatable bonds is 3. The van der Waals surface area contributed by atoms with Crippen LogP contribution in [0, 0.1) is 20.8 Å². The molecule has 1 aromatic carbocycles. The van der Waals surface area contributed by atoms with Crippen LogP contribution in [0.4, 0.5) is 0 Å². The van der Waals surface area contributed by atoms with Gasteiger partial charge in [-0.1, -0.05) is 6.07 Å². The molecule has 0 spiro atoms. The van der Waals surface area contributed by atoms with Crippen molar-refractivity contribution >= 4 is 6.08 Å². The Hall–Kier alpha value is -1.60. The minimum Gasteiger partial charge on any atom is -0.496 e. The first-order valence-corrected chi connectivity index (χ1v) is 4.79. The van der Waals surface area contributed by atoms with Crippen LogP contribution < -0.4 is 4.74 Å². The van der Waals surface area contributed by atoms with Gasteiger partial charge >= 0.3 is 0 Å². The summed E-state index contributed by atoms with van der Waals surface area (Å²) in [6, 6.07) is 2.00. The van der Waals surface area contributed by atoms with E-state index in [9.17, 15) is 4.79 Å². The molecule has 15 heavy (non-hydrogen) atoms. The van der Waals surface area contributed by atoms with Crippen molar-refractivity contribution in [3.8, 4) is 5.75 Å². The number of carbonyl (C=O) groups excluding carboxylic acids is 1. The van der Waals surface area contributed by atoms with Crippen molar-refractivity contribution < 1.29 is 9.53 Å². The van der Waals surface area contributed by atoms with Gasteiger partial charge in [-0.05, 0) is 43.0 Å². The zero-order valence-electron chi connectivity index (χ0n) is 9.55. The molecule has 0 radical (unpaired) electrons. The molecule has 0 aliphatic carbocycles. The summed E-state index contributed by atoms with van der Waals surface area (Å²) in [6.07, 6.45) is 1.55. The van der Waals surface area contributed by atoms with Gasteiger partial charge in [-0.2, -0.15) is 0 Å². The Balaban J connectivity index is 3.26. The summed E-state index contributed by atoms with van der Waals surface area (Å²) < 4.78 is 5.31. The van der Waals surface area contributed by atoms with Crippen LogP contribution >= 0.6 is 0 Å². The smallest absolute Gasteiger partial charge is 0.235 e. The Morgan fingerprint density at radius 3 is 2.53 bits per heavy atom. The van der Waals surface area contributed by atoms with E-state index in [2.05, 4.69) is 4.99 Å². The van der Waals surface area contributed by atoms with Crippen LogP contribution in [-0.4, -0.2) is 13.2 Å². The monoisotopic (exact) mass is 205 g/mol. The van der Waals surface area contributed by atoms with Crippen molar-refractivity contribution in [1.82, 2.24) is 0 Å². The van der Waals surface area contributed by atoms with Gasteiger partial charge in [-0.15, -0.1) is 0 Å². The first kappa shape index (κ1) is 11.5. The van der Waals surface area contributed by atoms with E-state index in [4.69, 9.17) is 4.74 Å². The molecule has 0 bridgehead atoms. The van der Waals surface area contributed by atoms with Gasteiger partial charge in [0.25, 0.3) is 0 Å². The number of hydrogen-bond donors (Lipinski definition) is 0. The second kappa shape index (κ2) is 4.76. The molecule has 0 unspecified atom stereocenters. The molecule has 3 nitrogen and oxygen atoms in total. The van der Waals surface area contributed by atoms with E-state index < -0.39 is 0 Å². The van der Waals surface area contributed by atoms with Crippen LogP contribution in [0.15, 0.2) is 11.1 Å². The summed E-state index contributed by atoms with van der Waals surface area (Å²) in [7, 11) is 1.66. The average Bonchev–Trinajstić information content (AvgIpc) is 2.22. The number of aryl methyl sites for hydroxylation is 1. The minimum atomic E-state index is 0.390. The number of nitrogens with zero attached hydrogens (tertiary/aromatic N) is 1. The van der Waals surface area contributed by atoms with Crippen molar-refractivity contribution in [2.45, 2.75) is 27.3 Å². The number of isocyanates is 1. The van der Waals surface area contributed by atoms with Gasteiger partial charge in [0, 0.05) is 0 Å². The Kier molecular flexibility index (Phi) is 3.64. The van der Waals surface area contributed by atoms with Crippen molar-refractivity contribution in [2.75, 3.05) is 7.11 Å². The van der Waals surface area contributed by atoms with E-state index in [1.165, 1.54) is 0 Å². The number of aliphatic imine (C=N–C) groups is 1. The summed E-state index contributed by atoms with van der Waals surface area (Å²) in [4.78, 5) is 13.7. The van der Waals surface area contributed by atoms with E-state index in [1.807, 2.05) is 26.8 Å². The minimum absolute atomic E-state index is 0.390. The summed E-state index contributed by atoms with van der Waals surface area (Å²) in [5.74, 6) is 0.909. The number of hydrogen-bond acceptors (Lipinski definition) is 3. The maximum absolute atomic E-state index is 10.1. The van der Waals surface area contributed by atoms with E-state index in [0.717, 1.165) is 28.0 Å². The highest BCUT2D eigenvalue weighted by atomic mass is 16.5. The van der Waals surface area contributed by atoms with E-state index in [0.29, 0.717) is 6.54 Å². The maximum atomic E-state index is 10.1. The Bertz CT molecular complexity index is 418. The molecule has 0 aliphatic rings. The topological polar surface area (TPSA) is 38.7 Å². The van der Waals surface area contributed by atoms with Crippen molar-refractivity contribution in [3.63, 3.8) is 0 Å². The molecular weight excluding hydrogens is 190 g/mol. The van der Waals surface area contributed by atoms with Gasteiger partial charge in [-0.25, -0.2) is 9.79 Å². The molecule has 0 saturated heterocycles. The third kappa shape index (κ3) is 2.25. The highest BCUT2D eigenvalue weighted by Gasteiger charge is 2.09. The Morgan fingerprint density at radius 2 is 2.00 bits per heavy atom. The van der Waals surface area contributed by atoms with Gasteiger partial charge in [0.1, 0.15) is 5.75 Å². The second-order valence-corrected chi connectivity index (χ2v) is 3.54. The fraction of sp³-hybridized carbons (Fsp3) is 0.417. The van der Waals surface area contributed by atoms with Crippen molar-refractivity contribution in [3.05, 3.63) is 28.3 Å². The normalized spacial score (nSPS) is 9.60. The van der Waals surface area contributed by atoms with Crippen LogP contribution in [0.2, 0.25) is 0 Å². The summed E-state index contributed by atoms with van der Waals surface area (Å²) in [6.45, 7) is 6.39. The molecular formula is C12H15NO2. The highest BCUT2D eigenvalue weighted by molar-refractivity contribution is 5.49. The van der Waals surface area contributed by atoms with Crippen molar-refractivity contribution in [1.29, 1.82) is 0 Å². The number of benzene rings is 1. The van der Waals surface area contributed by atoms with E-state index in [-0.39, 0.29) is 0 Å². The number of ether oxygens (including phenoxy) is 1. The quantitative estimate of drug-likeness (QED) is 0.561. The van der Waals surface area contributed by atoms with Gasteiger partial charge in [-0.3, -0.25) is 0 Å². The van der Waals surface area contributed by atoms with Gasteiger partial charge in [0.15, 0.2) is 0 Å². The Morgan fingerprint density at radius 1 is 1.33 bits per heavy atom.